The summed E-state index contributed by atoms with van der Waals surface area (Å²) in [4.78, 5) is 11.3. The maximum atomic E-state index is 11.3. The quantitative estimate of drug-likeness (QED) is 0.379. The van der Waals surface area contributed by atoms with Crippen molar-refractivity contribution in [1.29, 1.82) is 0 Å². The van der Waals surface area contributed by atoms with Gasteiger partial charge in [-0.2, -0.15) is 0 Å². The number of aliphatic hydroxyl groups is 1. The second-order valence-electron chi connectivity index (χ2n) is 11.3. The summed E-state index contributed by atoms with van der Waals surface area (Å²) in [5.41, 5.74) is 6.17. The van der Waals surface area contributed by atoms with Gasteiger partial charge >= 0.3 is 5.97 Å². The first kappa shape index (κ1) is 27.3. The molecule has 1 aliphatic rings. The molecule has 1 aliphatic heterocycles. The number of aryl methyl sites for hydroxylation is 3. The zero-order chi connectivity index (χ0) is 25.8. The van der Waals surface area contributed by atoms with Gasteiger partial charge in [-0.15, -0.1) is 0 Å². The van der Waals surface area contributed by atoms with Crippen LogP contribution in [0.25, 0.3) is 0 Å². The smallest absolute Gasteiger partial charge is 0.306 e. The van der Waals surface area contributed by atoms with Crippen molar-refractivity contribution in [1.82, 2.24) is 0 Å². The maximum Gasteiger partial charge on any atom is 0.306 e. The molecule has 1 saturated heterocycles. The second kappa shape index (κ2) is 11.2. The van der Waals surface area contributed by atoms with E-state index in [1.807, 2.05) is 0 Å². The van der Waals surface area contributed by atoms with Crippen molar-refractivity contribution in [3.8, 4) is 5.75 Å². The Hall–Kier alpha value is -2.33. The molecule has 0 bridgehead atoms. The Morgan fingerprint density at radius 1 is 1.03 bits per heavy atom. The van der Waals surface area contributed by atoms with Crippen molar-refractivity contribution in [2.75, 3.05) is 6.61 Å². The average molecular weight is 481 g/mol. The van der Waals surface area contributed by atoms with Crippen LogP contribution in [-0.4, -0.2) is 29.9 Å². The van der Waals surface area contributed by atoms with Crippen LogP contribution >= 0.6 is 0 Å². The molecule has 1 unspecified atom stereocenters. The molecule has 192 valence electrons. The molecule has 0 radical (unpaired) electrons. The summed E-state index contributed by atoms with van der Waals surface area (Å²) in [5.74, 6) is 0.717. The van der Waals surface area contributed by atoms with Crippen LogP contribution < -0.4 is 4.74 Å². The molecule has 1 fully saturated rings. The number of cyclic esters (lactones) is 1. The van der Waals surface area contributed by atoms with Crippen LogP contribution in [0.1, 0.15) is 94.5 Å². The predicted octanol–water partition coefficient (Wildman–Crippen LogP) is 6.83. The third kappa shape index (κ3) is 6.27. The molecule has 0 amide bonds. The zero-order valence-corrected chi connectivity index (χ0v) is 22.7. The molecule has 3 rings (SSSR count). The molecule has 4 heteroatoms. The van der Waals surface area contributed by atoms with E-state index in [0.717, 1.165) is 43.4 Å². The fourth-order valence-electron chi connectivity index (χ4n) is 5.22. The lowest BCUT2D eigenvalue weighted by Crippen LogP contribution is -2.27. The molecule has 1 N–H and O–H groups in total. The minimum atomic E-state index is -0.309. The largest absolute Gasteiger partial charge is 0.489 e. The molecule has 2 aromatic carbocycles. The third-order valence-electron chi connectivity index (χ3n) is 7.91. The van der Waals surface area contributed by atoms with E-state index in [-0.39, 0.29) is 29.0 Å². The van der Waals surface area contributed by atoms with Gasteiger partial charge in [-0.05, 0) is 85.3 Å². The Labute approximate surface area is 212 Å². The Morgan fingerprint density at radius 2 is 1.66 bits per heavy atom. The topological polar surface area (TPSA) is 55.8 Å². The van der Waals surface area contributed by atoms with E-state index in [9.17, 15) is 9.90 Å². The van der Waals surface area contributed by atoms with Crippen molar-refractivity contribution < 1.29 is 19.4 Å². The van der Waals surface area contributed by atoms with E-state index in [4.69, 9.17) is 9.47 Å². The summed E-state index contributed by atoms with van der Waals surface area (Å²) < 4.78 is 11.3. The molecular weight excluding hydrogens is 436 g/mol. The number of aliphatic hydroxyl groups excluding tert-OH is 1. The fraction of sp³-hybridized carbons (Fsp3) is 0.581. The maximum absolute atomic E-state index is 11.3. The number of hydrogen-bond acceptors (Lipinski definition) is 4. The van der Waals surface area contributed by atoms with Gasteiger partial charge in [0.1, 0.15) is 18.5 Å². The molecule has 2 aromatic rings. The van der Waals surface area contributed by atoms with E-state index in [0.29, 0.717) is 13.0 Å². The van der Waals surface area contributed by atoms with Crippen LogP contribution in [0.5, 0.6) is 5.75 Å². The van der Waals surface area contributed by atoms with Crippen molar-refractivity contribution in [3.05, 3.63) is 64.2 Å². The number of carbonyl (C=O) groups is 1. The summed E-state index contributed by atoms with van der Waals surface area (Å²) in [7, 11) is 0. The Kier molecular flexibility index (Phi) is 8.69. The number of ether oxygens (including phenoxy) is 2. The third-order valence-corrected chi connectivity index (χ3v) is 7.91. The zero-order valence-electron chi connectivity index (χ0n) is 22.7. The number of esters is 1. The molecule has 0 saturated carbocycles. The van der Waals surface area contributed by atoms with Crippen LogP contribution in [0.4, 0.5) is 0 Å². The van der Waals surface area contributed by atoms with Gasteiger partial charge < -0.3 is 14.6 Å². The number of rotatable bonds is 10. The second-order valence-corrected chi connectivity index (χ2v) is 11.3. The van der Waals surface area contributed by atoms with Crippen LogP contribution in [0.15, 0.2) is 36.4 Å². The Balaban J connectivity index is 1.80. The van der Waals surface area contributed by atoms with Gasteiger partial charge in [0.05, 0.1) is 6.10 Å². The van der Waals surface area contributed by atoms with Gasteiger partial charge in [-0.25, -0.2) is 0 Å². The van der Waals surface area contributed by atoms with E-state index < -0.39 is 0 Å². The summed E-state index contributed by atoms with van der Waals surface area (Å²) in [6, 6.07) is 13.4. The van der Waals surface area contributed by atoms with Gasteiger partial charge in [-0.3, -0.25) is 4.79 Å². The van der Waals surface area contributed by atoms with Gasteiger partial charge in [0.25, 0.3) is 0 Å². The fourth-order valence-corrected chi connectivity index (χ4v) is 5.22. The summed E-state index contributed by atoms with van der Waals surface area (Å²) in [6.45, 7) is 15.5. The molecule has 0 spiro atoms. The van der Waals surface area contributed by atoms with Crippen molar-refractivity contribution >= 4 is 5.97 Å². The lowest BCUT2D eigenvalue weighted by Gasteiger charge is -2.34. The molecule has 35 heavy (non-hydrogen) atoms. The molecular formula is C31H44O4. The lowest BCUT2D eigenvalue weighted by molar-refractivity contribution is -0.142. The average Bonchev–Trinajstić information content (AvgIpc) is 3.23. The standard InChI is InChI=1S/C31H44O4/c1-8-31(9-2,24-12-10-23(21(3)18-24)11-16-28(32)30(5,6)7)25-13-15-27(22(4)19-25)34-20-26-14-17-29(33)35-26/h10,12-13,15,18-19,26,28,32H,8-9,11,14,16-17,20H2,1-7H3/t26-,28?/m0/s1. The number of carbonyl (C=O) groups excluding carboxylic acids is 1. The molecule has 4 nitrogen and oxygen atoms in total. The van der Waals surface area contributed by atoms with E-state index >= 15 is 0 Å². The van der Waals surface area contributed by atoms with Gasteiger partial charge in [0.2, 0.25) is 0 Å². The van der Waals surface area contributed by atoms with Gasteiger partial charge in [-0.1, -0.05) is 65.0 Å². The highest BCUT2D eigenvalue weighted by atomic mass is 16.6. The van der Waals surface area contributed by atoms with E-state index in [2.05, 4.69) is 84.9 Å². The van der Waals surface area contributed by atoms with E-state index in [1.54, 1.807) is 0 Å². The SMILES string of the molecule is CCC(CC)(c1ccc(CCC(O)C(C)(C)C)c(C)c1)c1ccc(OC[C@@H]2CCC(=O)O2)c(C)c1. The Morgan fingerprint density at radius 3 is 2.17 bits per heavy atom. The summed E-state index contributed by atoms with van der Waals surface area (Å²) in [6.07, 6.45) is 4.43. The predicted molar refractivity (Wildman–Crippen MR) is 142 cm³/mol. The summed E-state index contributed by atoms with van der Waals surface area (Å²) in [5, 5.41) is 10.5. The number of benzene rings is 2. The monoisotopic (exact) mass is 480 g/mol. The van der Waals surface area contributed by atoms with Gasteiger partial charge in [0.15, 0.2) is 0 Å². The first-order valence-electron chi connectivity index (χ1n) is 13.2. The molecule has 1 heterocycles. The van der Waals surface area contributed by atoms with Crippen molar-refractivity contribution in [2.24, 2.45) is 5.41 Å². The van der Waals surface area contributed by atoms with Crippen LogP contribution in [0.2, 0.25) is 0 Å². The lowest BCUT2D eigenvalue weighted by atomic mass is 9.69. The normalized spacial score (nSPS) is 17.4. The highest BCUT2D eigenvalue weighted by molar-refractivity contribution is 5.71. The minimum Gasteiger partial charge on any atom is -0.489 e. The van der Waals surface area contributed by atoms with Crippen LogP contribution in [-0.2, 0) is 21.4 Å². The molecule has 0 aliphatic carbocycles. The van der Waals surface area contributed by atoms with E-state index in [1.165, 1.54) is 22.3 Å². The minimum absolute atomic E-state index is 0.0709. The van der Waals surface area contributed by atoms with Crippen molar-refractivity contribution in [3.63, 3.8) is 0 Å². The van der Waals surface area contributed by atoms with Crippen LogP contribution in [0.3, 0.4) is 0 Å². The number of hydrogen-bond donors (Lipinski definition) is 1. The first-order valence-corrected chi connectivity index (χ1v) is 13.2. The highest BCUT2D eigenvalue weighted by Crippen LogP contribution is 2.41. The van der Waals surface area contributed by atoms with Gasteiger partial charge in [0, 0.05) is 11.8 Å². The first-order chi connectivity index (χ1) is 16.5. The Bertz CT molecular complexity index is 1010. The molecule has 0 aromatic heterocycles. The van der Waals surface area contributed by atoms with Crippen LogP contribution in [0, 0.1) is 19.3 Å². The van der Waals surface area contributed by atoms with Crippen molar-refractivity contribution in [2.45, 2.75) is 105 Å². The highest BCUT2D eigenvalue weighted by Gasteiger charge is 2.32. The molecule has 2 atom stereocenters. The summed E-state index contributed by atoms with van der Waals surface area (Å²) >= 11 is 0.